The molecule has 2 aliphatic heterocycles. The molecule has 3 heteroatoms. The molecule has 140 valence electrons. The molecule has 26 heavy (non-hydrogen) atoms. The van der Waals surface area contributed by atoms with Crippen molar-refractivity contribution in [3.63, 3.8) is 0 Å². The van der Waals surface area contributed by atoms with Crippen molar-refractivity contribution in [2.24, 2.45) is 11.8 Å². The topological polar surface area (TPSA) is 23.6 Å². The number of amides is 1. The van der Waals surface area contributed by atoms with E-state index in [1.807, 2.05) is 0 Å². The summed E-state index contributed by atoms with van der Waals surface area (Å²) in [6.07, 6.45) is 9.76. The van der Waals surface area contributed by atoms with E-state index in [9.17, 15) is 4.79 Å². The maximum Gasteiger partial charge on any atom is 0.219 e. The van der Waals surface area contributed by atoms with Gasteiger partial charge in [0, 0.05) is 31.5 Å². The number of benzene rings is 1. The lowest BCUT2D eigenvalue weighted by Crippen LogP contribution is -2.55. The van der Waals surface area contributed by atoms with E-state index in [1.165, 1.54) is 69.2 Å². The summed E-state index contributed by atoms with van der Waals surface area (Å²) in [4.78, 5) is 17.1. The largest absolute Gasteiger partial charge is 0.338 e. The third-order valence-corrected chi connectivity index (χ3v) is 8.11. The van der Waals surface area contributed by atoms with E-state index in [0.29, 0.717) is 0 Å². The van der Waals surface area contributed by atoms with Gasteiger partial charge in [0.05, 0.1) is 0 Å². The summed E-state index contributed by atoms with van der Waals surface area (Å²) in [6, 6.07) is 9.73. The second kappa shape index (κ2) is 6.37. The molecule has 3 unspecified atom stereocenters. The van der Waals surface area contributed by atoms with Gasteiger partial charge in [0.2, 0.25) is 5.91 Å². The van der Waals surface area contributed by atoms with Crippen LogP contribution in [0.2, 0.25) is 0 Å². The lowest BCUT2D eigenvalue weighted by molar-refractivity contribution is -0.131. The number of likely N-dealkylation sites (tertiary alicyclic amines) is 1. The Morgan fingerprint density at radius 1 is 1.08 bits per heavy atom. The van der Waals surface area contributed by atoms with Crippen LogP contribution in [-0.4, -0.2) is 41.4 Å². The van der Waals surface area contributed by atoms with Crippen LogP contribution in [0.3, 0.4) is 0 Å². The van der Waals surface area contributed by atoms with Crippen LogP contribution in [0.25, 0.3) is 0 Å². The van der Waals surface area contributed by atoms with Gasteiger partial charge in [-0.25, -0.2) is 0 Å². The SMILES string of the molecule is CC(=O)N1Cc2ccccc2C2(CCN(C3CCC4CCC3C4)CC2)C1. The van der Waals surface area contributed by atoms with E-state index in [4.69, 9.17) is 0 Å². The first-order chi connectivity index (χ1) is 12.6. The highest BCUT2D eigenvalue weighted by Crippen LogP contribution is 2.47. The zero-order valence-corrected chi connectivity index (χ0v) is 16.1. The average Bonchev–Trinajstić information content (AvgIpc) is 3.04. The van der Waals surface area contributed by atoms with Crippen molar-refractivity contribution in [3.8, 4) is 0 Å². The monoisotopic (exact) mass is 352 g/mol. The molecule has 4 aliphatic rings. The van der Waals surface area contributed by atoms with Crippen LogP contribution in [0.1, 0.15) is 63.0 Å². The minimum absolute atomic E-state index is 0.184. The standard InChI is InChI=1S/C23H32N2O/c1-17(26)25-15-20-4-2-3-5-21(20)23(16-25)10-12-24(13-11-23)22-9-7-18-6-8-19(22)14-18/h2-5,18-19,22H,6-16H2,1H3. The third-order valence-electron chi connectivity index (χ3n) is 8.11. The van der Waals surface area contributed by atoms with E-state index in [2.05, 4.69) is 34.1 Å². The summed E-state index contributed by atoms with van der Waals surface area (Å²) >= 11 is 0. The van der Waals surface area contributed by atoms with Crippen molar-refractivity contribution < 1.29 is 4.79 Å². The molecule has 3 atom stereocenters. The maximum absolute atomic E-state index is 12.1. The molecule has 2 bridgehead atoms. The molecule has 1 aromatic carbocycles. The Hall–Kier alpha value is -1.35. The van der Waals surface area contributed by atoms with Gasteiger partial charge in [-0.15, -0.1) is 0 Å². The van der Waals surface area contributed by atoms with E-state index in [1.54, 1.807) is 6.92 Å². The Bertz CT molecular complexity index is 691. The van der Waals surface area contributed by atoms with Crippen molar-refractivity contribution in [2.45, 2.75) is 69.9 Å². The summed E-state index contributed by atoms with van der Waals surface area (Å²) in [5.41, 5.74) is 3.09. The smallest absolute Gasteiger partial charge is 0.219 e. The van der Waals surface area contributed by atoms with Crippen LogP contribution in [0.5, 0.6) is 0 Å². The van der Waals surface area contributed by atoms with Crippen LogP contribution in [0.4, 0.5) is 0 Å². The van der Waals surface area contributed by atoms with Crippen molar-refractivity contribution in [1.82, 2.24) is 9.80 Å². The van der Waals surface area contributed by atoms with Gasteiger partial charge in [-0.05, 0) is 74.6 Å². The van der Waals surface area contributed by atoms with Crippen molar-refractivity contribution >= 4 is 5.91 Å². The highest BCUT2D eigenvalue weighted by molar-refractivity contribution is 5.74. The minimum Gasteiger partial charge on any atom is -0.338 e. The molecule has 2 saturated carbocycles. The van der Waals surface area contributed by atoms with Crippen LogP contribution in [0.15, 0.2) is 24.3 Å². The highest BCUT2D eigenvalue weighted by atomic mass is 16.2. The van der Waals surface area contributed by atoms with Gasteiger partial charge in [-0.1, -0.05) is 30.7 Å². The fraction of sp³-hybridized carbons (Fsp3) is 0.696. The minimum atomic E-state index is 0.184. The second-order valence-electron chi connectivity index (χ2n) is 9.43. The first-order valence-corrected chi connectivity index (χ1v) is 10.7. The Morgan fingerprint density at radius 2 is 1.85 bits per heavy atom. The van der Waals surface area contributed by atoms with Crippen LogP contribution in [0, 0.1) is 11.8 Å². The summed E-state index contributed by atoms with van der Waals surface area (Å²) in [6.45, 7) is 5.87. The number of rotatable bonds is 1. The van der Waals surface area contributed by atoms with Gasteiger partial charge in [0.1, 0.15) is 0 Å². The summed E-state index contributed by atoms with van der Waals surface area (Å²) in [5.74, 6) is 2.24. The van der Waals surface area contributed by atoms with Gasteiger partial charge >= 0.3 is 0 Å². The number of carbonyl (C=O) groups is 1. The molecule has 0 N–H and O–H groups in total. The van der Waals surface area contributed by atoms with E-state index in [-0.39, 0.29) is 11.3 Å². The van der Waals surface area contributed by atoms with Gasteiger partial charge in [-0.3, -0.25) is 4.79 Å². The highest BCUT2D eigenvalue weighted by Gasteiger charge is 2.45. The number of piperidine rings is 1. The molecule has 1 spiro atoms. The van der Waals surface area contributed by atoms with Crippen molar-refractivity contribution in [1.29, 1.82) is 0 Å². The molecule has 3 fully saturated rings. The summed E-state index contributed by atoms with van der Waals surface area (Å²) in [7, 11) is 0. The number of hydrogen-bond donors (Lipinski definition) is 0. The maximum atomic E-state index is 12.1. The molecule has 5 rings (SSSR count). The molecule has 1 saturated heterocycles. The Labute approximate surface area is 157 Å². The quantitative estimate of drug-likeness (QED) is 0.764. The molecule has 3 nitrogen and oxygen atoms in total. The number of fused-ring (bicyclic) bond motifs is 4. The zero-order valence-electron chi connectivity index (χ0n) is 16.1. The normalized spacial score (nSPS) is 33.3. The van der Waals surface area contributed by atoms with Crippen LogP contribution >= 0.6 is 0 Å². The lowest BCUT2D eigenvalue weighted by atomic mass is 9.68. The second-order valence-corrected chi connectivity index (χ2v) is 9.43. The molecule has 2 aliphatic carbocycles. The first-order valence-electron chi connectivity index (χ1n) is 10.7. The van der Waals surface area contributed by atoms with Gasteiger partial charge in [0.15, 0.2) is 0 Å². The fourth-order valence-corrected chi connectivity index (χ4v) is 6.67. The molecule has 1 aromatic rings. The lowest BCUT2D eigenvalue weighted by Gasteiger charge is -2.51. The van der Waals surface area contributed by atoms with E-state index < -0.39 is 0 Å². The molecule has 0 radical (unpaired) electrons. The number of hydrogen-bond acceptors (Lipinski definition) is 2. The van der Waals surface area contributed by atoms with Crippen LogP contribution in [-0.2, 0) is 16.8 Å². The molecular formula is C23H32N2O. The Balaban J connectivity index is 1.36. The average molecular weight is 353 g/mol. The van der Waals surface area contributed by atoms with Crippen molar-refractivity contribution in [3.05, 3.63) is 35.4 Å². The molecular weight excluding hydrogens is 320 g/mol. The number of carbonyl (C=O) groups excluding carboxylic acids is 1. The third kappa shape index (κ3) is 2.70. The fourth-order valence-electron chi connectivity index (χ4n) is 6.67. The van der Waals surface area contributed by atoms with Gasteiger partial charge in [-0.2, -0.15) is 0 Å². The summed E-state index contributed by atoms with van der Waals surface area (Å²) in [5, 5.41) is 0. The molecule has 2 heterocycles. The predicted molar refractivity (Wildman–Crippen MR) is 104 cm³/mol. The van der Waals surface area contributed by atoms with Gasteiger partial charge in [0.25, 0.3) is 0 Å². The van der Waals surface area contributed by atoms with Crippen molar-refractivity contribution in [2.75, 3.05) is 19.6 Å². The van der Waals surface area contributed by atoms with Crippen LogP contribution < -0.4 is 0 Å². The zero-order chi connectivity index (χ0) is 17.7. The van der Waals surface area contributed by atoms with Gasteiger partial charge < -0.3 is 9.80 Å². The Kier molecular flexibility index (Phi) is 4.11. The Morgan fingerprint density at radius 3 is 2.65 bits per heavy atom. The molecule has 0 aromatic heterocycles. The molecule has 1 amide bonds. The summed E-state index contributed by atoms with van der Waals surface area (Å²) < 4.78 is 0. The predicted octanol–water partition coefficient (Wildman–Crippen LogP) is 3.96. The van der Waals surface area contributed by atoms with E-state index in [0.717, 1.165) is 31.0 Å². The number of nitrogens with zero attached hydrogens (tertiary/aromatic N) is 2. The first kappa shape index (κ1) is 16.8. The van der Waals surface area contributed by atoms with E-state index >= 15 is 0 Å².